The second-order valence-corrected chi connectivity index (χ2v) is 5.55. The molecule has 0 radical (unpaired) electrons. The Morgan fingerprint density at radius 3 is 2.88 bits per heavy atom. The molecule has 0 fully saturated rings. The summed E-state index contributed by atoms with van der Waals surface area (Å²) in [6.45, 7) is 5.49. The van der Waals surface area contributed by atoms with Crippen LogP contribution in [0.4, 0.5) is 10.5 Å². The van der Waals surface area contributed by atoms with E-state index >= 15 is 0 Å². The van der Waals surface area contributed by atoms with Gasteiger partial charge in [0, 0.05) is 5.69 Å². The maximum absolute atomic E-state index is 11.6. The van der Waals surface area contributed by atoms with Crippen LogP contribution in [0.25, 0.3) is 10.2 Å². The van der Waals surface area contributed by atoms with Gasteiger partial charge >= 0.3 is 6.09 Å². The Hall–Kier alpha value is -1.62. The van der Waals surface area contributed by atoms with Crippen LogP contribution in [0, 0.1) is 0 Å². The number of fused-ring (bicyclic) bond motifs is 1. The number of aromatic nitrogens is 1. The number of rotatable bonds is 1. The summed E-state index contributed by atoms with van der Waals surface area (Å²) in [6, 6.07) is 5.60. The number of thiazole rings is 1. The topological polar surface area (TPSA) is 51.2 Å². The molecule has 0 spiro atoms. The molecule has 0 aliphatic rings. The van der Waals surface area contributed by atoms with E-state index in [1.54, 1.807) is 16.8 Å². The highest BCUT2D eigenvalue weighted by atomic mass is 32.1. The van der Waals surface area contributed by atoms with Crippen LogP contribution < -0.4 is 5.32 Å². The number of nitrogens with one attached hydrogen (secondary N) is 1. The molecule has 0 saturated heterocycles. The van der Waals surface area contributed by atoms with Crippen molar-refractivity contribution in [2.24, 2.45) is 0 Å². The largest absolute Gasteiger partial charge is 0.444 e. The lowest BCUT2D eigenvalue weighted by Crippen LogP contribution is -2.27. The molecule has 1 amide bonds. The number of amides is 1. The average Bonchev–Trinajstić information content (AvgIpc) is 2.61. The average molecular weight is 250 g/mol. The molecule has 17 heavy (non-hydrogen) atoms. The van der Waals surface area contributed by atoms with Crippen molar-refractivity contribution in [2.45, 2.75) is 26.4 Å². The van der Waals surface area contributed by atoms with Crippen molar-refractivity contribution < 1.29 is 9.53 Å². The van der Waals surface area contributed by atoms with Gasteiger partial charge in [-0.05, 0) is 39.0 Å². The Labute approximate surface area is 104 Å². The van der Waals surface area contributed by atoms with Gasteiger partial charge in [-0.15, -0.1) is 11.3 Å². The fraction of sp³-hybridized carbons (Fsp3) is 0.333. The monoisotopic (exact) mass is 250 g/mol. The van der Waals surface area contributed by atoms with E-state index in [0.717, 1.165) is 10.2 Å². The zero-order valence-electron chi connectivity index (χ0n) is 9.98. The smallest absolute Gasteiger partial charge is 0.412 e. The van der Waals surface area contributed by atoms with Crippen molar-refractivity contribution in [1.29, 1.82) is 0 Å². The molecule has 0 bridgehead atoms. The van der Waals surface area contributed by atoms with Crippen LogP contribution in [0.2, 0.25) is 0 Å². The predicted molar refractivity (Wildman–Crippen MR) is 69.5 cm³/mol. The first-order valence-corrected chi connectivity index (χ1v) is 6.15. The third-order valence-electron chi connectivity index (χ3n) is 1.98. The first-order chi connectivity index (χ1) is 7.94. The molecule has 0 saturated carbocycles. The van der Waals surface area contributed by atoms with Gasteiger partial charge in [0.25, 0.3) is 0 Å². The number of carbonyl (C=O) groups excluding carboxylic acids is 1. The van der Waals surface area contributed by atoms with Crippen molar-refractivity contribution >= 4 is 33.3 Å². The Morgan fingerprint density at radius 1 is 1.41 bits per heavy atom. The lowest BCUT2D eigenvalue weighted by atomic mass is 10.2. The molecule has 2 aromatic rings. The summed E-state index contributed by atoms with van der Waals surface area (Å²) in [5.41, 5.74) is 2.86. The Bertz CT molecular complexity index is 543. The van der Waals surface area contributed by atoms with Crippen LogP contribution >= 0.6 is 11.3 Å². The van der Waals surface area contributed by atoms with Crippen LogP contribution in [0.15, 0.2) is 23.7 Å². The number of nitrogens with zero attached hydrogens (tertiary/aromatic N) is 1. The van der Waals surface area contributed by atoms with Gasteiger partial charge in [0.2, 0.25) is 0 Å². The normalized spacial score (nSPS) is 11.5. The Kier molecular flexibility index (Phi) is 3.02. The number of hydrogen-bond acceptors (Lipinski definition) is 4. The zero-order chi connectivity index (χ0) is 12.5. The van der Waals surface area contributed by atoms with E-state index in [1.165, 1.54) is 0 Å². The second kappa shape index (κ2) is 4.33. The van der Waals surface area contributed by atoms with Crippen molar-refractivity contribution in [3.8, 4) is 0 Å². The van der Waals surface area contributed by atoms with E-state index in [2.05, 4.69) is 10.3 Å². The molecule has 90 valence electrons. The Morgan fingerprint density at radius 2 is 2.18 bits per heavy atom. The zero-order valence-corrected chi connectivity index (χ0v) is 10.8. The van der Waals surface area contributed by atoms with Crippen molar-refractivity contribution in [2.75, 3.05) is 5.32 Å². The van der Waals surface area contributed by atoms with Crippen LogP contribution in [0.5, 0.6) is 0 Å². The van der Waals surface area contributed by atoms with Gasteiger partial charge in [0.1, 0.15) is 5.60 Å². The van der Waals surface area contributed by atoms with Gasteiger partial charge < -0.3 is 4.74 Å². The maximum Gasteiger partial charge on any atom is 0.412 e. The number of carbonyl (C=O) groups is 1. The minimum Gasteiger partial charge on any atom is -0.444 e. The minimum atomic E-state index is -0.491. The lowest BCUT2D eigenvalue weighted by Gasteiger charge is -2.19. The molecule has 0 aliphatic carbocycles. The standard InChI is InChI=1S/C12H14N2O2S/c1-12(2,3)16-11(15)14-8-4-5-10-9(6-8)13-7-17-10/h4-7H,1-3H3,(H,14,15). The van der Waals surface area contributed by atoms with Gasteiger partial charge in [-0.1, -0.05) is 0 Å². The van der Waals surface area contributed by atoms with Gasteiger partial charge in [-0.25, -0.2) is 9.78 Å². The van der Waals surface area contributed by atoms with Crippen LogP contribution in [-0.2, 0) is 4.74 Å². The fourth-order valence-electron chi connectivity index (χ4n) is 1.36. The molecule has 5 heteroatoms. The number of benzene rings is 1. The quantitative estimate of drug-likeness (QED) is 0.840. The molecule has 1 N–H and O–H groups in total. The summed E-state index contributed by atoms with van der Waals surface area (Å²) >= 11 is 1.57. The summed E-state index contributed by atoms with van der Waals surface area (Å²) < 4.78 is 6.26. The highest BCUT2D eigenvalue weighted by Gasteiger charge is 2.16. The predicted octanol–water partition coefficient (Wildman–Crippen LogP) is 3.64. The highest BCUT2D eigenvalue weighted by molar-refractivity contribution is 7.16. The lowest BCUT2D eigenvalue weighted by molar-refractivity contribution is 0.0636. The van der Waals surface area contributed by atoms with Crippen molar-refractivity contribution in [1.82, 2.24) is 4.98 Å². The van der Waals surface area contributed by atoms with E-state index in [4.69, 9.17) is 4.74 Å². The van der Waals surface area contributed by atoms with E-state index in [0.29, 0.717) is 5.69 Å². The van der Waals surface area contributed by atoms with Crippen LogP contribution in [0.3, 0.4) is 0 Å². The third-order valence-corrected chi connectivity index (χ3v) is 2.79. The second-order valence-electron chi connectivity index (χ2n) is 4.66. The molecule has 2 rings (SSSR count). The number of ether oxygens (including phenoxy) is 1. The van der Waals surface area contributed by atoms with Gasteiger partial charge in [-0.3, -0.25) is 5.32 Å². The Balaban J connectivity index is 2.10. The van der Waals surface area contributed by atoms with E-state index in [1.807, 2.05) is 39.0 Å². The molecular weight excluding hydrogens is 236 g/mol. The SMILES string of the molecule is CC(C)(C)OC(=O)Nc1ccc2scnc2c1. The minimum absolute atomic E-state index is 0.452. The summed E-state index contributed by atoms with van der Waals surface area (Å²) in [4.78, 5) is 15.7. The maximum atomic E-state index is 11.6. The molecule has 0 atom stereocenters. The molecule has 4 nitrogen and oxygen atoms in total. The molecule has 0 unspecified atom stereocenters. The summed E-state index contributed by atoms with van der Waals surface area (Å²) in [6.07, 6.45) is -0.452. The number of hydrogen-bond donors (Lipinski definition) is 1. The summed E-state index contributed by atoms with van der Waals surface area (Å²) in [5, 5.41) is 2.68. The molecule has 1 aromatic carbocycles. The third kappa shape index (κ3) is 3.17. The molecule has 1 heterocycles. The number of anilines is 1. The fourth-order valence-corrected chi connectivity index (χ4v) is 2.02. The van der Waals surface area contributed by atoms with Gasteiger partial charge in [0.15, 0.2) is 0 Å². The summed E-state index contributed by atoms with van der Waals surface area (Å²) in [7, 11) is 0. The summed E-state index contributed by atoms with van der Waals surface area (Å²) in [5.74, 6) is 0. The first kappa shape index (κ1) is 11.9. The van der Waals surface area contributed by atoms with E-state index in [-0.39, 0.29) is 0 Å². The highest BCUT2D eigenvalue weighted by Crippen LogP contribution is 2.21. The van der Waals surface area contributed by atoms with Gasteiger partial charge in [0.05, 0.1) is 15.7 Å². The van der Waals surface area contributed by atoms with Crippen LogP contribution in [-0.4, -0.2) is 16.7 Å². The van der Waals surface area contributed by atoms with E-state index < -0.39 is 11.7 Å². The van der Waals surface area contributed by atoms with Gasteiger partial charge in [-0.2, -0.15) is 0 Å². The molecule has 1 aromatic heterocycles. The first-order valence-electron chi connectivity index (χ1n) is 5.27. The molecule has 0 aliphatic heterocycles. The van der Waals surface area contributed by atoms with Crippen LogP contribution in [0.1, 0.15) is 20.8 Å². The van der Waals surface area contributed by atoms with E-state index in [9.17, 15) is 4.79 Å². The van der Waals surface area contributed by atoms with Crippen molar-refractivity contribution in [3.63, 3.8) is 0 Å². The van der Waals surface area contributed by atoms with Crippen molar-refractivity contribution in [3.05, 3.63) is 23.7 Å². The molecular formula is C12H14N2O2S.